The minimum atomic E-state index is 0.590. The SMILES string of the molecule is Cc1cc(Br)ccc1NC1CCN(Cc2ccccc2)CC1. The summed E-state index contributed by atoms with van der Waals surface area (Å²) < 4.78 is 1.15. The summed E-state index contributed by atoms with van der Waals surface area (Å²) >= 11 is 3.53. The van der Waals surface area contributed by atoms with Crippen LogP contribution in [0.2, 0.25) is 0 Å². The molecule has 1 N–H and O–H groups in total. The summed E-state index contributed by atoms with van der Waals surface area (Å²) in [6, 6.07) is 17.8. The number of likely N-dealkylation sites (tertiary alicyclic amines) is 1. The van der Waals surface area contributed by atoms with E-state index in [0.29, 0.717) is 6.04 Å². The van der Waals surface area contributed by atoms with Crippen molar-refractivity contribution in [3.05, 3.63) is 64.1 Å². The van der Waals surface area contributed by atoms with E-state index in [-0.39, 0.29) is 0 Å². The molecular formula is C19H23BrN2. The first kappa shape index (κ1) is 15.6. The van der Waals surface area contributed by atoms with Gasteiger partial charge in [0.2, 0.25) is 0 Å². The number of piperidine rings is 1. The van der Waals surface area contributed by atoms with E-state index in [2.05, 4.69) is 81.6 Å². The summed E-state index contributed by atoms with van der Waals surface area (Å²) in [5.74, 6) is 0. The van der Waals surface area contributed by atoms with Gasteiger partial charge in [-0.05, 0) is 49.1 Å². The van der Waals surface area contributed by atoms with Crippen molar-refractivity contribution in [2.75, 3.05) is 18.4 Å². The fourth-order valence-corrected chi connectivity index (χ4v) is 3.56. The van der Waals surface area contributed by atoms with Gasteiger partial charge in [0, 0.05) is 35.8 Å². The average Bonchev–Trinajstić information content (AvgIpc) is 2.53. The number of aryl methyl sites for hydroxylation is 1. The molecule has 2 aromatic rings. The first-order chi connectivity index (χ1) is 10.7. The minimum Gasteiger partial charge on any atom is -0.382 e. The molecule has 0 aliphatic carbocycles. The van der Waals surface area contributed by atoms with Crippen molar-refractivity contribution in [3.63, 3.8) is 0 Å². The van der Waals surface area contributed by atoms with E-state index in [1.54, 1.807) is 0 Å². The number of nitrogens with zero attached hydrogens (tertiary/aromatic N) is 1. The molecule has 2 aromatic carbocycles. The Morgan fingerprint density at radius 3 is 2.50 bits per heavy atom. The zero-order valence-corrected chi connectivity index (χ0v) is 14.6. The Morgan fingerprint density at radius 1 is 1.09 bits per heavy atom. The van der Waals surface area contributed by atoms with Crippen LogP contribution in [0.4, 0.5) is 5.69 Å². The molecule has 1 saturated heterocycles. The van der Waals surface area contributed by atoms with Gasteiger partial charge in [-0.1, -0.05) is 46.3 Å². The van der Waals surface area contributed by atoms with Gasteiger partial charge < -0.3 is 5.32 Å². The van der Waals surface area contributed by atoms with E-state index >= 15 is 0 Å². The molecular weight excluding hydrogens is 336 g/mol. The molecule has 0 bridgehead atoms. The second kappa shape index (κ2) is 7.30. The molecule has 3 heteroatoms. The number of nitrogens with one attached hydrogen (secondary N) is 1. The zero-order chi connectivity index (χ0) is 15.4. The lowest BCUT2D eigenvalue weighted by Crippen LogP contribution is -2.38. The third-order valence-corrected chi connectivity index (χ3v) is 4.88. The molecule has 0 radical (unpaired) electrons. The molecule has 1 aliphatic rings. The maximum Gasteiger partial charge on any atom is 0.0372 e. The topological polar surface area (TPSA) is 15.3 Å². The first-order valence-electron chi connectivity index (χ1n) is 8.00. The van der Waals surface area contributed by atoms with E-state index in [4.69, 9.17) is 0 Å². The lowest BCUT2D eigenvalue weighted by Gasteiger charge is -2.33. The third-order valence-electron chi connectivity index (χ3n) is 4.38. The fourth-order valence-electron chi connectivity index (χ4n) is 3.09. The van der Waals surface area contributed by atoms with Crippen LogP contribution in [-0.4, -0.2) is 24.0 Å². The second-order valence-corrected chi connectivity index (χ2v) is 7.06. The van der Waals surface area contributed by atoms with Crippen molar-refractivity contribution in [2.45, 2.75) is 32.4 Å². The second-order valence-electron chi connectivity index (χ2n) is 6.14. The molecule has 3 rings (SSSR count). The molecule has 0 saturated carbocycles. The average molecular weight is 359 g/mol. The van der Waals surface area contributed by atoms with Gasteiger partial charge in [-0.2, -0.15) is 0 Å². The Hall–Kier alpha value is -1.32. The van der Waals surface area contributed by atoms with Crippen molar-refractivity contribution in [1.29, 1.82) is 0 Å². The van der Waals surface area contributed by atoms with Gasteiger partial charge in [0.25, 0.3) is 0 Å². The van der Waals surface area contributed by atoms with Gasteiger partial charge >= 0.3 is 0 Å². The Labute approximate surface area is 141 Å². The molecule has 0 unspecified atom stereocenters. The summed E-state index contributed by atoms with van der Waals surface area (Å²) in [4.78, 5) is 2.56. The molecule has 2 nitrogen and oxygen atoms in total. The summed E-state index contributed by atoms with van der Waals surface area (Å²) in [7, 11) is 0. The number of hydrogen-bond acceptors (Lipinski definition) is 2. The van der Waals surface area contributed by atoms with Gasteiger partial charge in [0.1, 0.15) is 0 Å². The number of benzene rings is 2. The van der Waals surface area contributed by atoms with Crippen LogP contribution in [0, 0.1) is 6.92 Å². The van der Waals surface area contributed by atoms with Crippen LogP contribution >= 0.6 is 15.9 Å². The molecule has 0 amide bonds. The van der Waals surface area contributed by atoms with Crippen LogP contribution in [0.5, 0.6) is 0 Å². The third kappa shape index (κ3) is 4.11. The van der Waals surface area contributed by atoms with Gasteiger partial charge in [0.15, 0.2) is 0 Å². The highest BCUT2D eigenvalue weighted by Crippen LogP contribution is 2.23. The molecule has 1 aliphatic heterocycles. The van der Waals surface area contributed by atoms with E-state index in [9.17, 15) is 0 Å². The fraction of sp³-hybridized carbons (Fsp3) is 0.368. The van der Waals surface area contributed by atoms with Gasteiger partial charge in [-0.3, -0.25) is 4.90 Å². The van der Waals surface area contributed by atoms with Crippen LogP contribution in [0.25, 0.3) is 0 Å². The van der Waals surface area contributed by atoms with Gasteiger partial charge in [-0.25, -0.2) is 0 Å². The van der Waals surface area contributed by atoms with Gasteiger partial charge in [-0.15, -0.1) is 0 Å². The molecule has 0 aromatic heterocycles. The maximum absolute atomic E-state index is 3.71. The number of rotatable bonds is 4. The highest BCUT2D eigenvalue weighted by atomic mass is 79.9. The number of halogens is 1. The van der Waals surface area contributed by atoms with Crippen molar-refractivity contribution in [3.8, 4) is 0 Å². The quantitative estimate of drug-likeness (QED) is 0.841. The molecule has 0 atom stereocenters. The van der Waals surface area contributed by atoms with E-state index in [0.717, 1.165) is 11.0 Å². The maximum atomic E-state index is 3.71. The molecule has 0 spiro atoms. The standard InChI is InChI=1S/C19H23BrN2/c1-15-13-17(20)7-8-19(15)21-18-9-11-22(12-10-18)14-16-5-3-2-4-6-16/h2-8,13,18,21H,9-12,14H2,1H3. The lowest BCUT2D eigenvalue weighted by molar-refractivity contribution is 0.211. The van der Waals surface area contributed by atoms with E-state index < -0.39 is 0 Å². The summed E-state index contributed by atoms with van der Waals surface area (Å²) in [6.45, 7) is 5.58. The van der Waals surface area contributed by atoms with Crippen LogP contribution in [0.3, 0.4) is 0 Å². The monoisotopic (exact) mass is 358 g/mol. The predicted molar refractivity (Wildman–Crippen MR) is 97.2 cm³/mol. The van der Waals surface area contributed by atoms with Gasteiger partial charge in [0.05, 0.1) is 0 Å². The normalized spacial score (nSPS) is 16.6. The summed E-state index contributed by atoms with van der Waals surface area (Å²) in [5.41, 5.74) is 3.99. The zero-order valence-electron chi connectivity index (χ0n) is 13.1. The van der Waals surface area contributed by atoms with Crippen LogP contribution in [-0.2, 0) is 6.54 Å². The number of anilines is 1. The lowest BCUT2D eigenvalue weighted by atomic mass is 10.0. The molecule has 22 heavy (non-hydrogen) atoms. The minimum absolute atomic E-state index is 0.590. The first-order valence-corrected chi connectivity index (χ1v) is 8.79. The van der Waals surface area contributed by atoms with E-state index in [1.165, 1.54) is 42.7 Å². The van der Waals surface area contributed by atoms with Crippen LogP contribution < -0.4 is 5.32 Å². The Bertz CT molecular complexity index is 604. The Morgan fingerprint density at radius 2 is 1.82 bits per heavy atom. The van der Waals surface area contributed by atoms with Crippen molar-refractivity contribution >= 4 is 21.6 Å². The summed E-state index contributed by atoms with van der Waals surface area (Å²) in [5, 5.41) is 3.71. The highest BCUT2D eigenvalue weighted by molar-refractivity contribution is 9.10. The van der Waals surface area contributed by atoms with E-state index in [1.807, 2.05) is 0 Å². The largest absolute Gasteiger partial charge is 0.382 e. The van der Waals surface area contributed by atoms with Crippen molar-refractivity contribution < 1.29 is 0 Å². The highest BCUT2D eigenvalue weighted by Gasteiger charge is 2.19. The van der Waals surface area contributed by atoms with Crippen molar-refractivity contribution in [1.82, 2.24) is 4.90 Å². The van der Waals surface area contributed by atoms with Crippen molar-refractivity contribution in [2.24, 2.45) is 0 Å². The van der Waals surface area contributed by atoms with Crippen LogP contribution in [0.1, 0.15) is 24.0 Å². The Kier molecular flexibility index (Phi) is 5.16. The smallest absolute Gasteiger partial charge is 0.0372 e. The summed E-state index contributed by atoms with van der Waals surface area (Å²) in [6.07, 6.45) is 2.42. The molecule has 1 fully saturated rings. The molecule has 116 valence electrons. The molecule has 1 heterocycles. The predicted octanol–water partition coefficient (Wildman–Crippen LogP) is 4.83. The van der Waals surface area contributed by atoms with Crippen LogP contribution in [0.15, 0.2) is 53.0 Å². The Balaban J connectivity index is 1.51. The number of hydrogen-bond donors (Lipinski definition) is 1.